The second-order valence-corrected chi connectivity index (χ2v) is 23.8. The van der Waals surface area contributed by atoms with E-state index in [0.717, 1.165) is 6.04 Å². The number of fused-ring (bicyclic) bond motifs is 1. The summed E-state index contributed by atoms with van der Waals surface area (Å²) in [7, 11) is -5.21. The summed E-state index contributed by atoms with van der Waals surface area (Å²) in [5.41, 5.74) is 0.409. The summed E-state index contributed by atoms with van der Waals surface area (Å²) < 4.78 is 55.5. The lowest BCUT2D eigenvalue weighted by Gasteiger charge is -2.43. The van der Waals surface area contributed by atoms with Crippen LogP contribution in [0.5, 0.6) is 0 Å². The monoisotopic (exact) mass is 759 g/mol. The van der Waals surface area contributed by atoms with E-state index in [0.29, 0.717) is 53.1 Å². The number of halogens is 1. The molecule has 51 heavy (non-hydrogen) atoms. The summed E-state index contributed by atoms with van der Waals surface area (Å²) in [5, 5.41) is 12.4. The smallest absolute Gasteiger partial charge is 0.335 e. The molecular weight excluding hydrogens is 714 g/mol. The lowest BCUT2D eigenvalue weighted by atomic mass is 9.70. The largest absolute Gasteiger partial charge is 0.493 e. The SMILES string of the molecule is CCN1C(c2nccs2)=NC(c2cccc(F)c2C)C(C(=O)O)=C1CN1CCOC2=CN(S(=O)(=O)C3CC(C)(C(=O)OCC[Si](C)(C)C)C3)CC21. The number of hydrogen-bond donors (Lipinski definition) is 1. The van der Waals surface area contributed by atoms with E-state index < -0.39 is 52.6 Å². The standard InChI is InChI=1S/C35H46FN5O7S2Si/c1-7-41-27(29(33(42)43)30(24-9-8-10-25(36)22(24)2)38-31(41)32-37-11-15-49-32)19-39-12-13-47-28-21-40(20-26(28)39)50(45,46)23-17-35(3,18-23)34(44)48-14-16-51(4,5)6/h8-11,15,21,23,26,30H,7,12-14,16-20H2,1-6H3,(H,42,43). The maximum Gasteiger partial charge on any atom is 0.335 e. The molecule has 1 aromatic heterocycles. The second kappa shape index (κ2) is 14.1. The third kappa shape index (κ3) is 7.24. The zero-order valence-corrected chi connectivity index (χ0v) is 32.5. The van der Waals surface area contributed by atoms with E-state index in [4.69, 9.17) is 14.5 Å². The number of carboxylic acid groups (broad SMARTS) is 1. The lowest BCUT2D eigenvalue weighted by Crippen LogP contribution is -2.53. The summed E-state index contributed by atoms with van der Waals surface area (Å²) in [4.78, 5) is 39.3. The van der Waals surface area contributed by atoms with E-state index in [2.05, 4.69) is 24.6 Å². The molecule has 1 N–H and O–H groups in total. The van der Waals surface area contributed by atoms with Crippen LogP contribution in [0.4, 0.5) is 4.39 Å². The number of aliphatic carboxylic acids is 1. The van der Waals surface area contributed by atoms with Gasteiger partial charge in [-0.1, -0.05) is 31.8 Å². The van der Waals surface area contributed by atoms with Gasteiger partial charge in [-0.15, -0.1) is 11.3 Å². The predicted octanol–water partition coefficient (Wildman–Crippen LogP) is 4.99. The Morgan fingerprint density at radius 2 is 1.98 bits per heavy atom. The van der Waals surface area contributed by atoms with Gasteiger partial charge in [-0.2, -0.15) is 0 Å². The van der Waals surface area contributed by atoms with Gasteiger partial charge in [0.05, 0.1) is 41.6 Å². The molecule has 4 heterocycles. The van der Waals surface area contributed by atoms with Crippen LogP contribution < -0.4 is 0 Å². The number of carbonyl (C=O) groups is 2. The third-order valence-electron chi connectivity index (χ3n) is 10.3. The number of ether oxygens (including phenoxy) is 2. The minimum absolute atomic E-state index is 0.0239. The lowest BCUT2D eigenvalue weighted by molar-refractivity contribution is -0.159. The van der Waals surface area contributed by atoms with E-state index in [9.17, 15) is 27.5 Å². The maximum absolute atomic E-state index is 14.8. The highest BCUT2D eigenvalue weighted by Crippen LogP contribution is 2.47. The Morgan fingerprint density at radius 1 is 1.24 bits per heavy atom. The van der Waals surface area contributed by atoms with Crippen molar-refractivity contribution in [2.45, 2.75) is 76.6 Å². The first-order chi connectivity index (χ1) is 24.0. The second-order valence-electron chi connectivity index (χ2n) is 15.1. The van der Waals surface area contributed by atoms with Crippen LogP contribution in [0.1, 0.15) is 48.9 Å². The number of carboxylic acids is 1. The number of sulfonamides is 1. The fourth-order valence-electron chi connectivity index (χ4n) is 7.19. The molecule has 4 aliphatic rings. The Hall–Kier alpha value is -3.60. The van der Waals surface area contributed by atoms with Crippen LogP contribution in [-0.4, -0.2) is 109 Å². The van der Waals surface area contributed by atoms with Crippen LogP contribution in [-0.2, 0) is 29.1 Å². The van der Waals surface area contributed by atoms with Crippen molar-refractivity contribution in [2.24, 2.45) is 10.4 Å². The van der Waals surface area contributed by atoms with E-state index >= 15 is 0 Å². The number of aromatic nitrogens is 1. The summed E-state index contributed by atoms with van der Waals surface area (Å²) in [6, 6.07) is 3.97. The molecule has 6 rings (SSSR count). The molecule has 276 valence electrons. The topological polar surface area (TPSA) is 142 Å². The Balaban J connectivity index is 1.25. The normalized spacial score (nSPS) is 25.5. The highest BCUT2D eigenvalue weighted by molar-refractivity contribution is 7.89. The average Bonchev–Trinajstić information content (AvgIpc) is 3.75. The molecule has 0 bridgehead atoms. The molecule has 2 unspecified atom stereocenters. The van der Waals surface area contributed by atoms with Crippen molar-refractivity contribution in [3.05, 3.63) is 75.0 Å². The minimum Gasteiger partial charge on any atom is -0.493 e. The van der Waals surface area contributed by atoms with Gasteiger partial charge in [0.1, 0.15) is 24.2 Å². The Labute approximate surface area is 303 Å². The van der Waals surface area contributed by atoms with Crippen LogP contribution in [0.2, 0.25) is 25.7 Å². The van der Waals surface area contributed by atoms with Crippen molar-refractivity contribution in [3.8, 4) is 0 Å². The molecule has 2 atom stereocenters. The van der Waals surface area contributed by atoms with Crippen molar-refractivity contribution < 1.29 is 37.0 Å². The predicted molar refractivity (Wildman–Crippen MR) is 195 cm³/mol. The first-order valence-electron chi connectivity index (χ1n) is 17.3. The molecule has 2 aromatic rings. The molecule has 1 saturated carbocycles. The van der Waals surface area contributed by atoms with Crippen molar-refractivity contribution in [2.75, 3.05) is 39.4 Å². The maximum atomic E-state index is 14.8. The third-order valence-corrected chi connectivity index (χ3v) is 14.8. The Morgan fingerprint density at radius 3 is 2.63 bits per heavy atom. The molecule has 2 fully saturated rings. The van der Waals surface area contributed by atoms with E-state index in [1.165, 1.54) is 27.9 Å². The number of carbonyl (C=O) groups excluding carboxylic acids is 1. The molecule has 0 amide bonds. The van der Waals surface area contributed by atoms with Crippen LogP contribution in [0, 0.1) is 18.2 Å². The minimum atomic E-state index is -3.83. The fourth-order valence-corrected chi connectivity index (χ4v) is 10.7. The number of benzene rings is 1. The molecule has 1 aliphatic carbocycles. The number of amidine groups is 1. The molecule has 1 aromatic carbocycles. The number of likely N-dealkylation sites (N-methyl/N-ethyl adjacent to an activating group) is 1. The summed E-state index contributed by atoms with van der Waals surface area (Å²) >= 11 is 1.37. The average molecular weight is 760 g/mol. The van der Waals surface area contributed by atoms with E-state index in [1.807, 2.05) is 22.1 Å². The highest BCUT2D eigenvalue weighted by atomic mass is 32.2. The molecule has 0 radical (unpaired) electrons. The van der Waals surface area contributed by atoms with Crippen LogP contribution in [0.15, 0.2) is 58.0 Å². The number of esters is 1. The summed E-state index contributed by atoms with van der Waals surface area (Å²) in [6.45, 7) is 13.6. The van der Waals surface area contributed by atoms with Crippen LogP contribution >= 0.6 is 11.3 Å². The number of morpholine rings is 1. The van der Waals surface area contributed by atoms with Crippen molar-refractivity contribution in [1.82, 2.24) is 19.1 Å². The first-order valence-corrected chi connectivity index (χ1v) is 23.4. The van der Waals surface area contributed by atoms with Gasteiger partial charge in [-0.05, 0) is 56.9 Å². The summed E-state index contributed by atoms with van der Waals surface area (Å²) in [6.07, 6.45) is 3.54. The van der Waals surface area contributed by atoms with E-state index in [-0.39, 0.29) is 44.1 Å². The number of rotatable bonds is 12. The molecular formula is C35H46FN5O7S2Si. The number of hydrogen-bond acceptors (Lipinski definition) is 11. The van der Waals surface area contributed by atoms with E-state index in [1.54, 1.807) is 32.2 Å². The molecule has 0 spiro atoms. The highest BCUT2D eigenvalue weighted by Gasteiger charge is 2.55. The quantitative estimate of drug-likeness (QED) is 0.233. The van der Waals surface area contributed by atoms with Gasteiger partial charge in [0.2, 0.25) is 10.0 Å². The van der Waals surface area contributed by atoms with Gasteiger partial charge in [-0.3, -0.25) is 19.0 Å². The first kappa shape index (κ1) is 37.2. The number of nitrogens with zero attached hydrogens (tertiary/aromatic N) is 5. The van der Waals surface area contributed by atoms with Crippen LogP contribution in [0.3, 0.4) is 0 Å². The number of aliphatic imine (C=N–C) groups is 1. The molecule has 1 saturated heterocycles. The Bertz CT molecular complexity index is 1890. The summed E-state index contributed by atoms with van der Waals surface area (Å²) in [5.74, 6) is -0.999. The molecule has 16 heteroatoms. The Kier molecular flexibility index (Phi) is 10.3. The van der Waals surface area contributed by atoms with Crippen molar-refractivity contribution in [1.29, 1.82) is 0 Å². The zero-order valence-electron chi connectivity index (χ0n) is 29.9. The molecule has 3 aliphatic heterocycles. The fraction of sp³-hybridized carbons (Fsp3) is 0.543. The molecule has 12 nitrogen and oxygen atoms in total. The van der Waals surface area contributed by atoms with Gasteiger partial charge in [-0.25, -0.2) is 22.6 Å². The van der Waals surface area contributed by atoms with Crippen molar-refractivity contribution in [3.63, 3.8) is 0 Å². The van der Waals surface area contributed by atoms with Gasteiger partial charge in [0, 0.05) is 45.0 Å². The number of thiazole rings is 1. The van der Waals surface area contributed by atoms with Gasteiger partial charge in [0.25, 0.3) is 0 Å². The zero-order chi connectivity index (χ0) is 36.9. The van der Waals surface area contributed by atoms with Gasteiger partial charge in [0.15, 0.2) is 10.8 Å². The van der Waals surface area contributed by atoms with Crippen LogP contribution in [0.25, 0.3) is 0 Å². The van der Waals surface area contributed by atoms with Gasteiger partial charge >= 0.3 is 11.9 Å². The van der Waals surface area contributed by atoms with Crippen molar-refractivity contribution >= 4 is 47.2 Å². The van der Waals surface area contributed by atoms with Gasteiger partial charge < -0.3 is 19.5 Å².